The molecular formula is C15H13ClN4O. The highest BCUT2D eigenvalue weighted by atomic mass is 35.5. The van der Waals surface area contributed by atoms with Crippen molar-refractivity contribution in [3.05, 3.63) is 53.2 Å². The number of nitrogens with zero attached hydrogens (tertiary/aromatic N) is 1. The number of hydrogen-bond donors (Lipinski definition) is 3. The zero-order valence-corrected chi connectivity index (χ0v) is 11.8. The number of aromatic nitrogens is 1. The minimum Gasteiger partial charge on any atom is -0.320 e. The van der Waals surface area contributed by atoms with Gasteiger partial charge in [-0.1, -0.05) is 23.4 Å². The van der Waals surface area contributed by atoms with E-state index in [4.69, 9.17) is 17.3 Å². The van der Waals surface area contributed by atoms with Crippen LogP contribution in [0.4, 0.5) is 16.3 Å². The molecule has 0 aliphatic rings. The Bertz CT molecular complexity index is 689. The summed E-state index contributed by atoms with van der Waals surface area (Å²) in [5.74, 6) is 6.02. The Kier molecular flexibility index (Phi) is 5.16. The summed E-state index contributed by atoms with van der Waals surface area (Å²) in [5, 5.41) is 5.91. The Balaban J connectivity index is 2.00. The molecule has 0 saturated carbocycles. The standard InChI is InChI=1S/C15H13ClN4O/c16-12-3-5-13(6-4-12)19-15(21)20-14-10-11(2-1-8-17)7-9-18-14/h3-7,9-10H,8,17H2,(H2,18,19,20,21). The molecular weight excluding hydrogens is 288 g/mol. The van der Waals surface area contributed by atoms with Gasteiger partial charge in [0.05, 0.1) is 6.54 Å². The molecule has 0 atom stereocenters. The summed E-state index contributed by atoms with van der Waals surface area (Å²) in [6.45, 7) is 0.280. The van der Waals surface area contributed by atoms with Gasteiger partial charge in [-0.15, -0.1) is 0 Å². The minimum atomic E-state index is -0.395. The summed E-state index contributed by atoms with van der Waals surface area (Å²) in [6.07, 6.45) is 1.57. The van der Waals surface area contributed by atoms with Crippen molar-refractivity contribution in [3.8, 4) is 11.8 Å². The summed E-state index contributed by atoms with van der Waals surface area (Å²) < 4.78 is 0. The second-order valence-electron chi connectivity index (χ2n) is 4.02. The first-order valence-corrected chi connectivity index (χ1v) is 6.54. The number of nitrogens with one attached hydrogen (secondary N) is 2. The van der Waals surface area contributed by atoms with Gasteiger partial charge >= 0.3 is 6.03 Å². The van der Waals surface area contributed by atoms with Crippen LogP contribution in [-0.2, 0) is 0 Å². The molecule has 0 saturated heterocycles. The van der Waals surface area contributed by atoms with Crippen LogP contribution < -0.4 is 16.4 Å². The minimum absolute atomic E-state index is 0.280. The van der Waals surface area contributed by atoms with Gasteiger partial charge in [0, 0.05) is 22.5 Å². The van der Waals surface area contributed by atoms with E-state index in [1.807, 2.05) is 0 Å². The van der Waals surface area contributed by atoms with Crippen LogP contribution in [0.1, 0.15) is 5.56 Å². The van der Waals surface area contributed by atoms with Gasteiger partial charge in [0.2, 0.25) is 0 Å². The Morgan fingerprint density at radius 3 is 2.71 bits per heavy atom. The molecule has 0 unspecified atom stereocenters. The molecule has 1 aromatic carbocycles. The third-order valence-electron chi connectivity index (χ3n) is 2.44. The fourth-order valence-electron chi connectivity index (χ4n) is 1.54. The molecule has 0 aliphatic carbocycles. The number of carbonyl (C=O) groups excluding carboxylic acids is 1. The van der Waals surface area contributed by atoms with Crippen LogP contribution in [0.25, 0.3) is 0 Å². The number of carbonyl (C=O) groups is 1. The molecule has 1 aromatic heterocycles. The van der Waals surface area contributed by atoms with E-state index in [1.54, 1.807) is 42.6 Å². The molecule has 1 heterocycles. The molecule has 0 aliphatic heterocycles. The maximum Gasteiger partial charge on any atom is 0.324 e. The molecule has 0 spiro atoms. The number of urea groups is 1. The Morgan fingerprint density at radius 2 is 2.00 bits per heavy atom. The second kappa shape index (κ2) is 7.29. The zero-order valence-electron chi connectivity index (χ0n) is 11.1. The SMILES string of the molecule is NCC#Cc1ccnc(NC(=O)Nc2ccc(Cl)cc2)c1. The first kappa shape index (κ1) is 14.9. The Labute approximate surface area is 127 Å². The average Bonchev–Trinajstić information content (AvgIpc) is 2.48. The van der Waals surface area contributed by atoms with E-state index in [0.717, 1.165) is 5.56 Å². The summed E-state index contributed by atoms with van der Waals surface area (Å²) >= 11 is 5.78. The lowest BCUT2D eigenvalue weighted by Crippen LogP contribution is -2.20. The number of amides is 2. The quantitative estimate of drug-likeness (QED) is 0.746. The van der Waals surface area contributed by atoms with Gasteiger partial charge in [0.25, 0.3) is 0 Å². The van der Waals surface area contributed by atoms with Crippen molar-refractivity contribution in [3.63, 3.8) is 0 Å². The van der Waals surface area contributed by atoms with E-state index in [9.17, 15) is 4.79 Å². The van der Waals surface area contributed by atoms with Crippen LogP contribution in [0, 0.1) is 11.8 Å². The van der Waals surface area contributed by atoms with Crippen LogP contribution >= 0.6 is 11.6 Å². The fraction of sp³-hybridized carbons (Fsp3) is 0.0667. The van der Waals surface area contributed by atoms with Gasteiger partial charge < -0.3 is 11.1 Å². The van der Waals surface area contributed by atoms with Crippen molar-refractivity contribution in [1.82, 2.24) is 4.98 Å². The summed E-state index contributed by atoms with van der Waals surface area (Å²) in [7, 11) is 0. The van der Waals surface area contributed by atoms with Crippen molar-refractivity contribution in [2.45, 2.75) is 0 Å². The van der Waals surface area contributed by atoms with E-state index in [-0.39, 0.29) is 6.54 Å². The van der Waals surface area contributed by atoms with Gasteiger partial charge in [-0.25, -0.2) is 9.78 Å². The fourth-order valence-corrected chi connectivity index (χ4v) is 1.67. The molecule has 0 radical (unpaired) electrons. The summed E-state index contributed by atoms with van der Waals surface area (Å²) in [5.41, 5.74) is 6.68. The number of benzene rings is 1. The van der Waals surface area contributed by atoms with Crippen LogP contribution in [0.3, 0.4) is 0 Å². The highest BCUT2D eigenvalue weighted by Gasteiger charge is 2.03. The molecule has 2 rings (SSSR count). The Hall–Kier alpha value is -2.55. The van der Waals surface area contributed by atoms with E-state index < -0.39 is 6.03 Å². The number of nitrogens with two attached hydrogens (primary N) is 1. The number of hydrogen-bond acceptors (Lipinski definition) is 3. The van der Waals surface area contributed by atoms with Gasteiger partial charge in [-0.2, -0.15) is 0 Å². The highest BCUT2D eigenvalue weighted by molar-refractivity contribution is 6.30. The maximum atomic E-state index is 11.8. The Morgan fingerprint density at radius 1 is 1.24 bits per heavy atom. The third kappa shape index (κ3) is 4.80. The molecule has 0 fully saturated rings. The van der Waals surface area contributed by atoms with Crippen LogP contribution in [-0.4, -0.2) is 17.6 Å². The average molecular weight is 301 g/mol. The zero-order chi connectivity index (χ0) is 15.1. The smallest absolute Gasteiger partial charge is 0.320 e. The number of pyridine rings is 1. The molecule has 6 heteroatoms. The molecule has 106 valence electrons. The van der Waals surface area contributed by atoms with Crippen LogP contribution in [0.15, 0.2) is 42.6 Å². The van der Waals surface area contributed by atoms with Crippen LogP contribution in [0.2, 0.25) is 5.02 Å². The van der Waals surface area contributed by atoms with Gasteiger partial charge in [-0.05, 0) is 36.4 Å². The lowest BCUT2D eigenvalue weighted by atomic mass is 10.2. The van der Waals surface area contributed by atoms with E-state index in [0.29, 0.717) is 16.5 Å². The lowest BCUT2D eigenvalue weighted by Gasteiger charge is -2.07. The number of anilines is 2. The predicted octanol–water partition coefficient (Wildman–Crippen LogP) is 2.69. The van der Waals surface area contributed by atoms with Gasteiger partial charge in [-0.3, -0.25) is 5.32 Å². The third-order valence-corrected chi connectivity index (χ3v) is 2.69. The van der Waals surface area contributed by atoms with Crippen molar-refractivity contribution in [1.29, 1.82) is 0 Å². The topological polar surface area (TPSA) is 80.0 Å². The predicted molar refractivity (Wildman–Crippen MR) is 84.3 cm³/mol. The highest BCUT2D eigenvalue weighted by Crippen LogP contribution is 2.14. The normalized spacial score (nSPS) is 9.43. The summed E-state index contributed by atoms with van der Waals surface area (Å²) in [4.78, 5) is 15.9. The number of rotatable bonds is 2. The second-order valence-corrected chi connectivity index (χ2v) is 4.46. The maximum absolute atomic E-state index is 11.8. The molecule has 0 bridgehead atoms. The largest absolute Gasteiger partial charge is 0.324 e. The number of halogens is 1. The lowest BCUT2D eigenvalue weighted by molar-refractivity contribution is 0.262. The first-order valence-electron chi connectivity index (χ1n) is 6.16. The molecule has 5 nitrogen and oxygen atoms in total. The monoisotopic (exact) mass is 300 g/mol. The summed E-state index contributed by atoms with van der Waals surface area (Å²) in [6, 6.07) is 9.82. The van der Waals surface area contributed by atoms with Gasteiger partial charge in [0.15, 0.2) is 0 Å². The van der Waals surface area contributed by atoms with E-state index >= 15 is 0 Å². The molecule has 2 aromatic rings. The molecule has 4 N–H and O–H groups in total. The van der Waals surface area contributed by atoms with Crippen molar-refractivity contribution < 1.29 is 4.79 Å². The van der Waals surface area contributed by atoms with Crippen molar-refractivity contribution in [2.24, 2.45) is 5.73 Å². The van der Waals surface area contributed by atoms with Gasteiger partial charge in [0.1, 0.15) is 5.82 Å². The first-order chi connectivity index (χ1) is 10.2. The molecule has 21 heavy (non-hydrogen) atoms. The van der Waals surface area contributed by atoms with Crippen molar-refractivity contribution >= 4 is 29.1 Å². The molecule has 2 amide bonds. The van der Waals surface area contributed by atoms with E-state index in [1.165, 1.54) is 0 Å². The van der Waals surface area contributed by atoms with Crippen LogP contribution in [0.5, 0.6) is 0 Å². The van der Waals surface area contributed by atoms with E-state index in [2.05, 4.69) is 27.5 Å². The van der Waals surface area contributed by atoms with Crippen molar-refractivity contribution in [2.75, 3.05) is 17.2 Å².